The minimum atomic E-state index is -1.13. The van der Waals surface area contributed by atoms with Gasteiger partial charge in [0.15, 0.2) is 0 Å². The van der Waals surface area contributed by atoms with E-state index in [0.717, 1.165) is 23.6 Å². The summed E-state index contributed by atoms with van der Waals surface area (Å²) in [4.78, 5) is 10.9. The fourth-order valence-electron chi connectivity index (χ4n) is 2.36. The van der Waals surface area contributed by atoms with E-state index < -0.39 is 23.6 Å². The Morgan fingerprint density at radius 1 is 1.21 bits per heavy atom. The van der Waals surface area contributed by atoms with Gasteiger partial charge in [-0.2, -0.15) is 0 Å². The zero-order valence-corrected chi connectivity index (χ0v) is 13.3. The van der Waals surface area contributed by atoms with Crippen LogP contribution in [0.15, 0.2) is 48.5 Å². The van der Waals surface area contributed by atoms with E-state index in [1.54, 1.807) is 6.08 Å². The Bertz CT molecular complexity index is 754. The molecule has 2 aromatic rings. The van der Waals surface area contributed by atoms with E-state index >= 15 is 0 Å². The van der Waals surface area contributed by atoms with Gasteiger partial charge in [0.25, 0.3) is 0 Å². The van der Waals surface area contributed by atoms with Crippen molar-refractivity contribution in [2.24, 2.45) is 5.73 Å². The van der Waals surface area contributed by atoms with Gasteiger partial charge in [-0.15, -0.1) is 0 Å². The number of hydrogen-bond donors (Lipinski definition) is 2. The van der Waals surface area contributed by atoms with Crippen LogP contribution in [0.3, 0.4) is 0 Å². The lowest BCUT2D eigenvalue weighted by molar-refractivity contribution is -0.138. The van der Waals surface area contributed by atoms with Crippen LogP contribution in [-0.4, -0.2) is 17.1 Å². The van der Waals surface area contributed by atoms with Crippen LogP contribution in [0.25, 0.3) is 5.57 Å². The van der Waals surface area contributed by atoms with Crippen LogP contribution in [0.4, 0.5) is 8.78 Å². The zero-order chi connectivity index (χ0) is 17.7. The molecule has 0 aromatic heterocycles. The first-order chi connectivity index (χ1) is 11.4. The molecule has 0 fully saturated rings. The Hall–Kier alpha value is -2.53. The molecule has 1 atom stereocenters. The van der Waals surface area contributed by atoms with Crippen molar-refractivity contribution < 1.29 is 18.7 Å². The van der Waals surface area contributed by atoms with Crippen LogP contribution in [-0.2, 0) is 11.2 Å². The third-order valence-electron chi connectivity index (χ3n) is 3.79. The van der Waals surface area contributed by atoms with E-state index in [-0.39, 0.29) is 12.0 Å². The highest BCUT2D eigenvalue weighted by Gasteiger charge is 2.14. The minimum Gasteiger partial charge on any atom is -0.480 e. The second-order valence-corrected chi connectivity index (χ2v) is 5.47. The molecule has 0 spiro atoms. The van der Waals surface area contributed by atoms with Crippen molar-refractivity contribution in [3.63, 3.8) is 0 Å². The van der Waals surface area contributed by atoms with Crippen molar-refractivity contribution in [1.29, 1.82) is 0 Å². The number of benzene rings is 2. The van der Waals surface area contributed by atoms with E-state index in [4.69, 9.17) is 10.8 Å². The lowest BCUT2D eigenvalue weighted by Gasteiger charge is -2.12. The van der Waals surface area contributed by atoms with Crippen LogP contribution in [0.5, 0.6) is 0 Å². The maximum atomic E-state index is 14.2. The molecule has 2 rings (SSSR count). The maximum absolute atomic E-state index is 14.2. The van der Waals surface area contributed by atoms with Gasteiger partial charge < -0.3 is 10.8 Å². The summed E-state index contributed by atoms with van der Waals surface area (Å²) in [6.07, 6.45) is 2.49. The van der Waals surface area contributed by atoms with Crippen molar-refractivity contribution in [2.45, 2.75) is 25.8 Å². The lowest BCUT2D eigenvalue weighted by Crippen LogP contribution is -2.29. The van der Waals surface area contributed by atoms with Crippen LogP contribution in [0, 0.1) is 11.6 Å². The highest BCUT2D eigenvalue weighted by Crippen LogP contribution is 2.27. The summed E-state index contributed by atoms with van der Waals surface area (Å²) < 4.78 is 27.4. The maximum Gasteiger partial charge on any atom is 0.320 e. The molecular formula is C19H19F2NO2. The summed E-state index contributed by atoms with van der Waals surface area (Å²) in [5.74, 6) is -2.50. The molecule has 1 unspecified atom stereocenters. The number of aliphatic carboxylic acids is 1. The molecule has 0 aliphatic heterocycles. The molecule has 0 heterocycles. The Morgan fingerprint density at radius 3 is 2.42 bits per heavy atom. The number of carbonyl (C=O) groups is 1. The van der Waals surface area contributed by atoms with Crippen LogP contribution in [0.2, 0.25) is 0 Å². The van der Waals surface area contributed by atoms with Gasteiger partial charge in [-0.3, -0.25) is 4.79 Å². The van der Waals surface area contributed by atoms with Gasteiger partial charge in [-0.05, 0) is 41.7 Å². The number of rotatable bonds is 6. The van der Waals surface area contributed by atoms with Crippen molar-refractivity contribution in [2.75, 3.05) is 0 Å². The fourth-order valence-corrected chi connectivity index (χ4v) is 2.36. The summed E-state index contributed by atoms with van der Waals surface area (Å²) in [6.45, 7) is 2.03. The number of carboxylic acid groups (broad SMARTS) is 1. The molecule has 126 valence electrons. The summed E-state index contributed by atoms with van der Waals surface area (Å²) >= 11 is 0. The molecule has 0 amide bonds. The second-order valence-electron chi connectivity index (χ2n) is 5.47. The summed E-state index contributed by atoms with van der Waals surface area (Å²) in [5, 5.41) is 8.92. The Kier molecular flexibility index (Phi) is 5.82. The third-order valence-corrected chi connectivity index (χ3v) is 3.79. The van der Waals surface area contributed by atoms with Crippen molar-refractivity contribution in [3.05, 3.63) is 76.9 Å². The van der Waals surface area contributed by atoms with Crippen LogP contribution >= 0.6 is 0 Å². The first kappa shape index (κ1) is 17.8. The second kappa shape index (κ2) is 7.84. The zero-order valence-electron chi connectivity index (χ0n) is 13.3. The number of carboxylic acids is 1. The average molecular weight is 331 g/mol. The molecule has 3 nitrogen and oxygen atoms in total. The third kappa shape index (κ3) is 4.26. The molecule has 0 saturated heterocycles. The van der Waals surface area contributed by atoms with Gasteiger partial charge >= 0.3 is 5.97 Å². The predicted molar refractivity (Wildman–Crippen MR) is 89.5 cm³/mol. The topological polar surface area (TPSA) is 63.3 Å². The highest BCUT2D eigenvalue weighted by molar-refractivity contribution is 5.81. The van der Waals surface area contributed by atoms with Gasteiger partial charge in [0.05, 0.1) is 0 Å². The molecule has 0 aliphatic carbocycles. The van der Waals surface area contributed by atoms with Gasteiger partial charge in [0, 0.05) is 11.6 Å². The van der Waals surface area contributed by atoms with Gasteiger partial charge in [0.2, 0.25) is 0 Å². The summed E-state index contributed by atoms with van der Waals surface area (Å²) in [5.41, 5.74) is 8.07. The van der Waals surface area contributed by atoms with E-state index in [0.29, 0.717) is 5.57 Å². The van der Waals surface area contributed by atoms with E-state index in [1.807, 2.05) is 31.2 Å². The molecule has 5 heteroatoms. The molecule has 0 saturated carbocycles. The first-order valence-corrected chi connectivity index (χ1v) is 7.65. The quantitative estimate of drug-likeness (QED) is 0.847. The fraction of sp³-hybridized carbons (Fsp3) is 0.211. The van der Waals surface area contributed by atoms with E-state index in [2.05, 4.69) is 0 Å². The molecule has 0 radical (unpaired) electrons. The molecular weight excluding hydrogens is 312 g/mol. The summed E-state index contributed by atoms with van der Waals surface area (Å²) in [6, 6.07) is 9.74. The SMILES string of the molecule is CCc1ccc(/C(=C/CC(N)C(=O)O)c2ccc(F)cc2F)cc1. The Balaban J connectivity index is 2.47. The van der Waals surface area contributed by atoms with Gasteiger partial charge in [-0.25, -0.2) is 8.78 Å². The number of aryl methyl sites for hydroxylation is 1. The monoisotopic (exact) mass is 331 g/mol. The highest BCUT2D eigenvalue weighted by atomic mass is 19.1. The normalized spacial score (nSPS) is 12.9. The average Bonchev–Trinajstić information content (AvgIpc) is 2.56. The number of hydrogen-bond acceptors (Lipinski definition) is 2. The smallest absolute Gasteiger partial charge is 0.320 e. The van der Waals surface area contributed by atoms with Crippen molar-refractivity contribution in [1.82, 2.24) is 0 Å². The molecule has 24 heavy (non-hydrogen) atoms. The lowest BCUT2D eigenvalue weighted by atomic mass is 9.94. The van der Waals surface area contributed by atoms with E-state index in [9.17, 15) is 13.6 Å². The Labute approximate surface area is 139 Å². The Morgan fingerprint density at radius 2 is 1.88 bits per heavy atom. The number of nitrogens with two attached hydrogens (primary N) is 1. The van der Waals surface area contributed by atoms with Crippen molar-refractivity contribution >= 4 is 11.5 Å². The number of halogens is 2. The van der Waals surface area contributed by atoms with Crippen molar-refractivity contribution in [3.8, 4) is 0 Å². The standard InChI is InChI=1S/C19H19F2NO2/c1-2-12-3-5-13(6-4-12)15(9-10-18(22)19(23)24)16-8-7-14(20)11-17(16)21/h3-9,11,18H,2,10,22H2,1H3,(H,23,24)/b15-9-. The predicted octanol–water partition coefficient (Wildman–Crippen LogP) is 3.76. The molecule has 3 N–H and O–H groups in total. The van der Waals surface area contributed by atoms with Gasteiger partial charge in [-0.1, -0.05) is 37.3 Å². The van der Waals surface area contributed by atoms with E-state index in [1.165, 1.54) is 12.1 Å². The van der Waals surface area contributed by atoms with Gasteiger partial charge in [0.1, 0.15) is 17.7 Å². The van der Waals surface area contributed by atoms with Crippen LogP contribution < -0.4 is 5.73 Å². The largest absolute Gasteiger partial charge is 0.480 e. The van der Waals surface area contributed by atoms with Crippen LogP contribution in [0.1, 0.15) is 30.0 Å². The molecule has 2 aromatic carbocycles. The molecule has 0 bridgehead atoms. The molecule has 0 aliphatic rings. The summed E-state index contributed by atoms with van der Waals surface area (Å²) in [7, 11) is 0. The first-order valence-electron chi connectivity index (χ1n) is 7.65. The minimum absolute atomic E-state index is 0.0387.